The Labute approximate surface area is 260 Å². The number of nitrogens with zero attached hydrogens (tertiary/aromatic N) is 1. The van der Waals surface area contributed by atoms with Gasteiger partial charge in [0.15, 0.2) is 5.75 Å². The predicted molar refractivity (Wildman–Crippen MR) is 167 cm³/mol. The van der Waals surface area contributed by atoms with E-state index in [4.69, 9.17) is 39.5 Å². The van der Waals surface area contributed by atoms with Gasteiger partial charge in [0.25, 0.3) is 5.91 Å². The molecule has 0 radical (unpaired) electrons. The Kier molecular flexibility index (Phi) is 8.63. The van der Waals surface area contributed by atoms with Crippen LogP contribution in [0.3, 0.4) is 0 Å². The molecular weight excluding hydrogens is 705 g/mol. The molecule has 0 aliphatic carbocycles. The van der Waals surface area contributed by atoms with Crippen LogP contribution in [0.25, 0.3) is 22.0 Å². The lowest BCUT2D eigenvalue weighted by atomic mass is 10.0. The molecule has 5 rings (SSSR count). The number of hydrogen-bond donors (Lipinski definition) is 2. The van der Waals surface area contributed by atoms with Crippen LogP contribution in [0.2, 0.25) is 15.1 Å². The molecule has 200 valence electrons. The molecule has 6 nitrogen and oxygen atoms in total. The van der Waals surface area contributed by atoms with Crippen LogP contribution < -0.4 is 10.2 Å². The SMILES string of the molecule is O=C(Oc1c(Br)cc(Br)cc1C=NNC(=O)c1[nH]c2cc(Cl)cc(Cl)c2c1-c1ccccc1)c1ccccc1Cl. The van der Waals surface area contributed by atoms with E-state index in [1.54, 1.807) is 48.5 Å². The van der Waals surface area contributed by atoms with E-state index in [-0.39, 0.29) is 22.0 Å². The lowest BCUT2D eigenvalue weighted by Crippen LogP contribution is -2.19. The molecule has 0 aliphatic heterocycles. The van der Waals surface area contributed by atoms with E-state index in [9.17, 15) is 9.59 Å². The van der Waals surface area contributed by atoms with Gasteiger partial charge in [0.05, 0.1) is 26.3 Å². The number of rotatable bonds is 6. The molecule has 0 fully saturated rings. The summed E-state index contributed by atoms with van der Waals surface area (Å²) in [6.45, 7) is 0. The largest absolute Gasteiger partial charge is 0.421 e. The number of carbonyl (C=O) groups excluding carboxylic acids is 2. The highest BCUT2D eigenvalue weighted by Crippen LogP contribution is 2.39. The molecule has 40 heavy (non-hydrogen) atoms. The molecule has 4 aromatic carbocycles. The molecule has 11 heteroatoms. The van der Waals surface area contributed by atoms with Crippen molar-refractivity contribution in [2.45, 2.75) is 0 Å². The summed E-state index contributed by atoms with van der Waals surface area (Å²) in [6, 6.07) is 22.7. The van der Waals surface area contributed by atoms with Crippen molar-refractivity contribution in [1.29, 1.82) is 0 Å². The van der Waals surface area contributed by atoms with Crippen LogP contribution in [-0.2, 0) is 0 Å². The van der Waals surface area contributed by atoms with E-state index in [1.165, 1.54) is 6.21 Å². The summed E-state index contributed by atoms with van der Waals surface area (Å²) >= 11 is 25.8. The molecular formula is C29H16Br2Cl3N3O3. The first kappa shape index (κ1) is 28.4. The lowest BCUT2D eigenvalue weighted by molar-refractivity contribution is 0.0733. The Morgan fingerprint density at radius 3 is 2.38 bits per heavy atom. The number of nitrogens with one attached hydrogen (secondary N) is 2. The highest BCUT2D eigenvalue weighted by molar-refractivity contribution is 9.11. The van der Waals surface area contributed by atoms with Crippen LogP contribution in [-0.4, -0.2) is 23.1 Å². The monoisotopic (exact) mass is 717 g/mol. The fraction of sp³-hybridized carbons (Fsp3) is 0. The zero-order valence-electron chi connectivity index (χ0n) is 20.1. The molecule has 2 N–H and O–H groups in total. The summed E-state index contributed by atoms with van der Waals surface area (Å²) < 4.78 is 6.84. The van der Waals surface area contributed by atoms with Crippen LogP contribution in [0, 0.1) is 0 Å². The average molecular weight is 721 g/mol. The third-order valence-corrected chi connectivity index (χ3v) is 7.69. The minimum atomic E-state index is -0.645. The van der Waals surface area contributed by atoms with Gasteiger partial charge in [0.1, 0.15) is 5.69 Å². The Hall–Kier alpha value is -3.14. The van der Waals surface area contributed by atoms with Crippen LogP contribution >= 0.6 is 66.7 Å². The molecule has 1 heterocycles. The van der Waals surface area contributed by atoms with Crippen molar-refractivity contribution < 1.29 is 14.3 Å². The van der Waals surface area contributed by atoms with Crippen LogP contribution in [0.4, 0.5) is 0 Å². The first-order valence-electron chi connectivity index (χ1n) is 11.6. The fourth-order valence-corrected chi connectivity index (χ4v) is 6.23. The van der Waals surface area contributed by atoms with E-state index in [2.05, 4.69) is 47.4 Å². The molecule has 0 bridgehead atoms. The summed E-state index contributed by atoms with van der Waals surface area (Å²) in [7, 11) is 0. The average Bonchev–Trinajstić information content (AvgIpc) is 3.31. The van der Waals surface area contributed by atoms with Gasteiger partial charge in [-0.2, -0.15) is 5.10 Å². The van der Waals surface area contributed by atoms with Gasteiger partial charge in [0, 0.05) is 31.5 Å². The maximum absolute atomic E-state index is 13.4. The van der Waals surface area contributed by atoms with E-state index in [1.807, 2.05) is 30.3 Å². The van der Waals surface area contributed by atoms with Gasteiger partial charge in [-0.05, 0) is 57.9 Å². The number of aromatic amines is 1. The first-order chi connectivity index (χ1) is 19.2. The highest BCUT2D eigenvalue weighted by atomic mass is 79.9. The van der Waals surface area contributed by atoms with E-state index < -0.39 is 11.9 Å². The zero-order chi connectivity index (χ0) is 28.4. The molecule has 0 atom stereocenters. The van der Waals surface area contributed by atoms with Gasteiger partial charge in [-0.15, -0.1) is 0 Å². The van der Waals surface area contributed by atoms with Crippen molar-refractivity contribution in [3.05, 3.63) is 120 Å². The Morgan fingerprint density at radius 2 is 1.62 bits per heavy atom. The van der Waals surface area contributed by atoms with Crippen LogP contribution in [0.1, 0.15) is 26.4 Å². The highest BCUT2D eigenvalue weighted by Gasteiger charge is 2.22. The molecule has 0 saturated carbocycles. The van der Waals surface area contributed by atoms with Gasteiger partial charge >= 0.3 is 5.97 Å². The smallest absolute Gasteiger partial charge is 0.345 e. The maximum Gasteiger partial charge on any atom is 0.345 e. The van der Waals surface area contributed by atoms with Crippen LogP contribution in [0.15, 0.2) is 92.9 Å². The van der Waals surface area contributed by atoms with Crippen molar-refractivity contribution >= 4 is 95.7 Å². The van der Waals surface area contributed by atoms with E-state index >= 15 is 0 Å². The van der Waals surface area contributed by atoms with E-state index in [0.29, 0.717) is 41.0 Å². The predicted octanol–water partition coefficient (Wildman–Crippen LogP) is 9.30. The number of amides is 1. The quantitative estimate of drug-likeness (QED) is 0.0794. The summed E-state index contributed by atoms with van der Waals surface area (Å²) in [5.41, 5.74) is 5.43. The molecule has 5 aromatic rings. The summed E-state index contributed by atoms with van der Waals surface area (Å²) in [5, 5.41) is 5.90. The summed E-state index contributed by atoms with van der Waals surface area (Å²) in [5.74, 6) is -0.960. The number of esters is 1. The number of fused-ring (bicyclic) bond motifs is 1. The van der Waals surface area contributed by atoms with Gasteiger partial charge < -0.3 is 9.72 Å². The maximum atomic E-state index is 13.4. The Bertz CT molecular complexity index is 1810. The molecule has 1 amide bonds. The third-order valence-electron chi connectivity index (χ3n) is 5.80. The second kappa shape index (κ2) is 12.2. The van der Waals surface area contributed by atoms with Gasteiger partial charge in [0.2, 0.25) is 0 Å². The number of aromatic nitrogens is 1. The molecule has 0 spiro atoms. The number of hydrogen-bond acceptors (Lipinski definition) is 4. The second-order valence-electron chi connectivity index (χ2n) is 8.43. The Balaban J connectivity index is 1.47. The number of H-pyrrole nitrogens is 1. The van der Waals surface area contributed by atoms with Gasteiger partial charge in [-0.25, -0.2) is 10.2 Å². The lowest BCUT2D eigenvalue weighted by Gasteiger charge is -2.11. The molecule has 0 unspecified atom stereocenters. The van der Waals surface area contributed by atoms with E-state index in [0.717, 1.165) is 5.56 Å². The number of carbonyl (C=O) groups is 2. The normalized spacial score (nSPS) is 11.2. The standard InChI is InChI=1S/C29H16Br2Cl3N3O3/c30-17-10-16(27(20(31)11-17)40-29(39)19-8-4-5-9-21(19)33)14-35-37-28(38)26-24(15-6-2-1-3-7-15)25-22(34)12-18(32)13-23(25)36-26/h1-14,36H,(H,37,38). The Morgan fingerprint density at radius 1 is 0.900 bits per heavy atom. The summed E-state index contributed by atoms with van der Waals surface area (Å²) in [4.78, 5) is 29.3. The van der Waals surface area contributed by atoms with Crippen molar-refractivity contribution in [3.63, 3.8) is 0 Å². The van der Waals surface area contributed by atoms with Crippen molar-refractivity contribution in [2.24, 2.45) is 5.10 Å². The molecule has 0 aliphatic rings. The number of ether oxygens (including phenoxy) is 1. The fourth-order valence-electron chi connectivity index (χ4n) is 4.09. The second-order valence-corrected chi connectivity index (χ2v) is 11.4. The minimum Gasteiger partial charge on any atom is -0.421 e. The topological polar surface area (TPSA) is 83.5 Å². The number of benzene rings is 4. The number of hydrazone groups is 1. The van der Waals surface area contributed by atoms with Gasteiger partial charge in [-0.1, -0.05) is 93.2 Å². The molecule has 0 saturated heterocycles. The zero-order valence-corrected chi connectivity index (χ0v) is 25.6. The van der Waals surface area contributed by atoms with Gasteiger partial charge in [-0.3, -0.25) is 4.79 Å². The minimum absolute atomic E-state index is 0.197. The molecule has 1 aromatic heterocycles. The van der Waals surface area contributed by atoms with Crippen LogP contribution in [0.5, 0.6) is 5.75 Å². The van der Waals surface area contributed by atoms with Crippen molar-refractivity contribution in [3.8, 4) is 16.9 Å². The third kappa shape index (κ3) is 5.96. The summed E-state index contributed by atoms with van der Waals surface area (Å²) in [6.07, 6.45) is 1.37. The van der Waals surface area contributed by atoms with Crippen molar-refractivity contribution in [1.82, 2.24) is 10.4 Å². The first-order valence-corrected chi connectivity index (χ1v) is 14.3. The van der Waals surface area contributed by atoms with Crippen molar-refractivity contribution in [2.75, 3.05) is 0 Å². The number of halogens is 5.